The second-order valence-corrected chi connectivity index (χ2v) is 7.60. The molecule has 2 N–H and O–H groups in total. The molecule has 164 valence electrons. The molecule has 0 radical (unpaired) electrons. The molecule has 0 atom stereocenters. The third-order valence-electron chi connectivity index (χ3n) is 4.73. The average Bonchev–Trinajstić information content (AvgIpc) is 3.11. The van der Waals surface area contributed by atoms with Crippen LogP contribution in [0.15, 0.2) is 29.3 Å². The molecule has 7 heteroatoms. The number of hydrogen-bond donors (Lipinski definition) is 2. The molecule has 0 aromatic heterocycles. The van der Waals surface area contributed by atoms with E-state index in [4.69, 9.17) is 4.74 Å². The van der Waals surface area contributed by atoms with Gasteiger partial charge in [-0.1, -0.05) is 38.1 Å². The van der Waals surface area contributed by atoms with E-state index in [0.717, 1.165) is 51.6 Å². The summed E-state index contributed by atoms with van der Waals surface area (Å²) in [4.78, 5) is 18.9. The van der Waals surface area contributed by atoms with E-state index in [-0.39, 0.29) is 29.9 Å². The Hall–Kier alpha value is -1.35. The number of carbonyl (C=O) groups is 1. The van der Waals surface area contributed by atoms with Crippen LogP contribution in [0.1, 0.15) is 51.2 Å². The van der Waals surface area contributed by atoms with Gasteiger partial charge < -0.3 is 20.3 Å². The quantitative estimate of drug-likeness (QED) is 0.205. The predicted octanol–water partition coefficient (Wildman–Crippen LogP) is 3.54. The molecule has 6 nitrogen and oxygen atoms in total. The van der Waals surface area contributed by atoms with Crippen LogP contribution in [0.4, 0.5) is 0 Å². The third kappa shape index (κ3) is 9.80. The molecule has 1 aliphatic rings. The molecular formula is C22H37IN4O2. The van der Waals surface area contributed by atoms with Crippen molar-refractivity contribution in [2.45, 2.75) is 53.1 Å². The maximum absolute atomic E-state index is 12.4. The second kappa shape index (κ2) is 14.6. The van der Waals surface area contributed by atoms with Gasteiger partial charge in [-0.15, -0.1) is 24.0 Å². The Balaban J connectivity index is 0.00000420. The number of nitrogens with zero attached hydrogens (tertiary/aromatic N) is 2. The molecule has 29 heavy (non-hydrogen) atoms. The lowest BCUT2D eigenvalue weighted by Gasteiger charge is -2.15. The molecule has 0 unspecified atom stereocenters. The highest BCUT2D eigenvalue weighted by atomic mass is 127. The topological polar surface area (TPSA) is 66.0 Å². The third-order valence-corrected chi connectivity index (χ3v) is 4.73. The van der Waals surface area contributed by atoms with Crippen LogP contribution in [0.25, 0.3) is 0 Å². The monoisotopic (exact) mass is 516 g/mol. The molecule has 1 aromatic carbocycles. The van der Waals surface area contributed by atoms with Gasteiger partial charge in [0.2, 0.25) is 5.91 Å². The van der Waals surface area contributed by atoms with Gasteiger partial charge in [-0.25, -0.2) is 0 Å². The summed E-state index contributed by atoms with van der Waals surface area (Å²) in [6.07, 6.45) is 2.38. The van der Waals surface area contributed by atoms with E-state index in [0.29, 0.717) is 25.5 Å². The van der Waals surface area contributed by atoms with Gasteiger partial charge in [0.15, 0.2) is 5.96 Å². The van der Waals surface area contributed by atoms with E-state index in [2.05, 4.69) is 41.6 Å². The van der Waals surface area contributed by atoms with E-state index in [9.17, 15) is 4.79 Å². The largest absolute Gasteiger partial charge is 0.380 e. The first-order valence-corrected chi connectivity index (χ1v) is 10.5. The summed E-state index contributed by atoms with van der Waals surface area (Å²) in [5.41, 5.74) is 2.53. The second-order valence-electron chi connectivity index (χ2n) is 7.60. The number of ether oxygens (including phenoxy) is 1. The first kappa shape index (κ1) is 25.7. The van der Waals surface area contributed by atoms with E-state index < -0.39 is 0 Å². The molecule has 0 saturated carbocycles. The van der Waals surface area contributed by atoms with Crippen molar-refractivity contribution in [3.63, 3.8) is 0 Å². The van der Waals surface area contributed by atoms with E-state index in [1.165, 1.54) is 11.1 Å². The SMILES string of the molecule is CCNC(=NCCCC(=O)N1Cc2ccccc2C1)NCCOCCC(C)C.I. The number of fused-ring (bicyclic) bond motifs is 1. The number of guanidine groups is 1. The van der Waals surface area contributed by atoms with E-state index in [1.807, 2.05) is 24.0 Å². The van der Waals surface area contributed by atoms with Crippen molar-refractivity contribution in [3.05, 3.63) is 35.4 Å². The van der Waals surface area contributed by atoms with Crippen LogP contribution in [0.2, 0.25) is 0 Å². The zero-order valence-electron chi connectivity index (χ0n) is 18.1. The Labute approximate surface area is 192 Å². The van der Waals surface area contributed by atoms with Crippen LogP contribution >= 0.6 is 24.0 Å². The first-order valence-electron chi connectivity index (χ1n) is 10.5. The smallest absolute Gasteiger partial charge is 0.223 e. The predicted molar refractivity (Wildman–Crippen MR) is 130 cm³/mol. The van der Waals surface area contributed by atoms with E-state index in [1.54, 1.807) is 0 Å². The van der Waals surface area contributed by atoms with Gasteiger partial charge in [0.25, 0.3) is 0 Å². The zero-order chi connectivity index (χ0) is 20.2. The number of hydrogen-bond acceptors (Lipinski definition) is 3. The van der Waals surface area contributed by atoms with Crippen molar-refractivity contribution in [1.82, 2.24) is 15.5 Å². The minimum atomic E-state index is 0. The Bertz CT molecular complexity index is 612. The lowest BCUT2D eigenvalue weighted by Crippen LogP contribution is -2.39. The summed E-state index contributed by atoms with van der Waals surface area (Å²) >= 11 is 0. The highest BCUT2D eigenvalue weighted by Crippen LogP contribution is 2.22. The summed E-state index contributed by atoms with van der Waals surface area (Å²) in [7, 11) is 0. The molecule has 1 amide bonds. The fourth-order valence-corrected chi connectivity index (χ4v) is 3.09. The van der Waals surface area contributed by atoms with Crippen LogP contribution < -0.4 is 10.6 Å². The number of nitrogens with one attached hydrogen (secondary N) is 2. The van der Waals surface area contributed by atoms with Gasteiger partial charge in [0.05, 0.1) is 6.61 Å². The highest BCUT2D eigenvalue weighted by molar-refractivity contribution is 14.0. The molecule has 0 aliphatic carbocycles. The van der Waals surface area contributed by atoms with Crippen LogP contribution in [-0.2, 0) is 22.6 Å². The van der Waals surface area contributed by atoms with Gasteiger partial charge in [-0.3, -0.25) is 9.79 Å². The lowest BCUT2D eigenvalue weighted by atomic mass is 10.1. The number of aliphatic imine (C=N–C) groups is 1. The van der Waals surface area contributed by atoms with Crippen LogP contribution in [0, 0.1) is 5.92 Å². The first-order chi connectivity index (χ1) is 13.6. The molecule has 2 rings (SSSR count). The van der Waals surface area contributed by atoms with Gasteiger partial charge >= 0.3 is 0 Å². The minimum Gasteiger partial charge on any atom is -0.380 e. The number of carbonyl (C=O) groups excluding carboxylic acids is 1. The Morgan fingerprint density at radius 1 is 1.17 bits per heavy atom. The Kier molecular flexibility index (Phi) is 12.9. The molecule has 0 spiro atoms. The summed E-state index contributed by atoms with van der Waals surface area (Å²) in [5, 5.41) is 6.52. The number of amides is 1. The summed E-state index contributed by atoms with van der Waals surface area (Å²) in [6.45, 7) is 11.6. The van der Waals surface area contributed by atoms with Crippen molar-refractivity contribution < 1.29 is 9.53 Å². The van der Waals surface area contributed by atoms with Gasteiger partial charge in [0, 0.05) is 45.8 Å². The van der Waals surface area contributed by atoms with Gasteiger partial charge in [-0.05, 0) is 36.8 Å². The zero-order valence-corrected chi connectivity index (χ0v) is 20.4. The van der Waals surface area contributed by atoms with Crippen molar-refractivity contribution in [3.8, 4) is 0 Å². The van der Waals surface area contributed by atoms with Crippen molar-refractivity contribution >= 4 is 35.8 Å². The lowest BCUT2D eigenvalue weighted by molar-refractivity contribution is -0.131. The number of rotatable bonds is 11. The fourth-order valence-electron chi connectivity index (χ4n) is 3.09. The molecule has 1 aliphatic heterocycles. The standard InChI is InChI=1S/C22H36N4O2.HI/c1-4-23-22(25-13-15-28-14-11-18(2)3)24-12-7-10-21(27)26-16-19-8-5-6-9-20(19)17-26;/h5-6,8-9,18H,4,7,10-17H2,1-3H3,(H2,23,24,25);1H. The number of halogens is 1. The van der Waals surface area contributed by atoms with Crippen LogP contribution in [-0.4, -0.2) is 49.6 Å². The molecule has 1 aromatic rings. The molecule has 0 fully saturated rings. The number of benzene rings is 1. The summed E-state index contributed by atoms with van der Waals surface area (Å²) in [5.74, 6) is 1.67. The van der Waals surface area contributed by atoms with E-state index >= 15 is 0 Å². The van der Waals surface area contributed by atoms with Crippen LogP contribution in [0.5, 0.6) is 0 Å². The summed E-state index contributed by atoms with van der Waals surface area (Å²) < 4.78 is 5.62. The summed E-state index contributed by atoms with van der Waals surface area (Å²) in [6, 6.07) is 8.28. The van der Waals surface area contributed by atoms with Gasteiger partial charge in [-0.2, -0.15) is 0 Å². The normalized spacial score (nSPS) is 13.2. The Morgan fingerprint density at radius 3 is 2.48 bits per heavy atom. The molecule has 0 saturated heterocycles. The molecule has 0 bridgehead atoms. The maximum atomic E-state index is 12.4. The van der Waals surface area contributed by atoms with Crippen LogP contribution in [0.3, 0.4) is 0 Å². The molecular weight excluding hydrogens is 479 g/mol. The van der Waals surface area contributed by atoms with Gasteiger partial charge in [0.1, 0.15) is 0 Å². The van der Waals surface area contributed by atoms with Crippen molar-refractivity contribution in [2.24, 2.45) is 10.9 Å². The maximum Gasteiger partial charge on any atom is 0.223 e. The fraction of sp³-hybridized carbons (Fsp3) is 0.636. The molecule has 1 heterocycles. The Morgan fingerprint density at radius 2 is 1.86 bits per heavy atom. The average molecular weight is 516 g/mol. The van der Waals surface area contributed by atoms with Crippen molar-refractivity contribution in [1.29, 1.82) is 0 Å². The minimum absolute atomic E-state index is 0. The van der Waals surface area contributed by atoms with Crippen molar-refractivity contribution in [2.75, 3.05) is 32.8 Å². The highest BCUT2D eigenvalue weighted by Gasteiger charge is 2.22.